The van der Waals surface area contributed by atoms with Gasteiger partial charge >= 0.3 is 0 Å². The zero-order valence-electron chi connectivity index (χ0n) is 7.37. The molecule has 5 heteroatoms. The highest BCUT2D eigenvalue weighted by molar-refractivity contribution is 7.71. The molecule has 0 radical (unpaired) electrons. The number of aromatic nitrogens is 1. The molecule has 0 saturated carbocycles. The summed E-state index contributed by atoms with van der Waals surface area (Å²) in [5, 5.41) is 0.429. The van der Waals surface area contributed by atoms with Crippen LogP contribution < -0.4 is 10.3 Å². The van der Waals surface area contributed by atoms with E-state index in [1.165, 1.54) is 7.11 Å². The van der Waals surface area contributed by atoms with Gasteiger partial charge in [-0.05, 0) is 30.4 Å². The summed E-state index contributed by atoms with van der Waals surface area (Å²) in [5.74, 6) is 0.607. The summed E-state index contributed by atoms with van der Waals surface area (Å²) in [4.78, 5) is 13.9. The lowest BCUT2D eigenvalue weighted by atomic mass is 10.2. The molecule has 0 spiro atoms. The lowest BCUT2D eigenvalue weighted by Gasteiger charge is -1.99. The molecule has 1 N–H and O–H groups in total. The summed E-state index contributed by atoms with van der Waals surface area (Å²) in [6, 6.07) is 4.96. The fourth-order valence-electron chi connectivity index (χ4n) is 1.19. The Balaban J connectivity index is 2.89. The van der Waals surface area contributed by atoms with Gasteiger partial charge in [0.05, 0.1) is 12.5 Å². The third-order valence-corrected chi connectivity index (χ3v) is 2.04. The normalized spacial score (nSPS) is 10.4. The average molecular weight is 209 g/mol. The lowest BCUT2D eigenvalue weighted by molar-refractivity contribution is 0.415. The number of hydrogen-bond donors (Lipinski definition) is 1. The fourth-order valence-corrected chi connectivity index (χ4v) is 1.37. The largest absolute Gasteiger partial charge is 0.497 e. The molecular weight excluding hydrogens is 202 g/mol. The van der Waals surface area contributed by atoms with Gasteiger partial charge in [0.25, 0.3) is 10.4 Å². The zero-order chi connectivity index (χ0) is 10.1. The Bertz CT molecular complexity index is 584. The lowest BCUT2D eigenvalue weighted by Crippen LogP contribution is -2.05. The van der Waals surface area contributed by atoms with Crippen molar-refractivity contribution in [3.8, 4) is 5.75 Å². The van der Waals surface area contributed by atoms with Crippen molar-refractivity contribution in [2.75, 3.05) is 7.11 Å². The van der Waals surface area contributed by atoms with Crippen LogP contribution in [0.2, 0.25) is 0 Å². The molecule has 1 aromatic heterocycles. The summed E-state index contributed by atoms with van der Waals surface area (Å²) in [5.41, 5.74) is 0.190. The van der Waals surface area contributed by atoms with Gasteiger partial charge in [0.15, 0.2) is 0 Å². The minimum absolute atomic E-state index is 0.0765. The summed E-state index contributed by atoms with van der Waals surface area (Å²) < 4.78 is 10.1. The molecule has 0 fully saturated rings. The predicted octanol–water partition coefficient (Wildman–Crippen LogP) is 1.86. The minimum atomic E-state index is -0.268. The number of H-pyrrole nitrogens is 1. The number of nitrogens with one attached hydrogen (secondary N) is 1. The van der Waals surface area contributed by atoms with Gasteiger partial charge in [0, 0.05) is 0 Å². The van der Waals surface area contributed by atoms with Crippen LogP contribution in [0.15, 0.2) is 27.4 Å². The van der Waals surface area contributed by atoms with Crippen LogP contribution in [-0.4, -0.2) is 12.1 Å². The molecule has 0 saturated heterocycles. The van der Waals surface area contributed by atoms with Crippen molar-refractivity contribution in [2.45, 2.75) is 0 Å². The number of ether oxygens (including phenoxy) is 1. The Morgan fingerprint density at radius 2 is 2.29 bits per heavy atom. The zero-order valence-corrected chi connectivity index (χ0v) is 8.18. The Morgan fingerprint density at radius 1 is 1.50 bits per heavy atom. The van der Waals surface area contributed by atoms with Crippen LogP contribution in [0.1, 0.15) is 0 Å². The second-order valence-electron chi connectivity index (χ2n) is 2.71. The monoisotopic (exact) mass is 209 g/mol. The van der Waals surface area contributed by atoms with Crippen LogP contribution >= 0.6 is 12.2 Å². The van der Waals surface area contributed by atoms with Gasteiger partial charge in [-0.25, -0.2) is 0 Å². The van der Waals surface area contributed by atoms with Gasteiger partial charge in [-0.15, -0.1) is 0 Å². The Morgan fingerprint density at radius 3 is 3.00 bits per heavy atom. The first-order valence-electron chi connectivity index (χ1n) is 3.92. The van der Waals surface area contributed by atoms with E-state index in [9.17, 15) is 4.79 Å². The van der Waals surface area contributed by atoms with Crippen molar-refractivity contribution in [3.63, 3.8) is 0 Å². The van der Waals surface area contributed by atoms with Crippen molar-refractivity contribution in [2.24, 2.45) is 0 Å². The molecule has 0 amide bonds. The number of methoxy groups -OCH3 is 1. The van der Waals surface area contributed by atoms with Crippen LogP contribution in [-0.2, 0) is 0 Å². The highest BCUT2D eigenvalue weighted by Crippen LogP contribution is 2.16. The van der Waals surface area contributed by atoms with E-state index in [0.29, 0.717) is 16.7 Å². The molecule has 1 aromatic carbocycles. The molecule has 72 valence electrons. The summed E-state index contributed by atoms with van der Waals surface area (Å²) in [6.07, 6.45) is 0. The van der Waals surface area contributed by atoms with Gasteiger partial charge in [-0.1, -0.05) is 0 Å². The maximum atomic E-state index is 11.4. The first-order chi connectivity index (χ1) is 6.70. The molecule has 0 unspecified atom stereocenters. The van der Waals surface area contributed by atoms with Crippen molar-refractivity contribution in [3.05, 3.63) is 33.4 Å². The van der Waals surface area contributed by atoms with Crippen LogP contribution in [0.5, 0.6) is 5.75 Å². The van der Waals surface area contributed by atoms with E-state index < -0.39 is 0 Å². The Labute approximate surface area is 84.1 Å². The van der Waals surface area contributed by atoms with E-state index in [0.717, 1.165) is 0 Å². The van der Waals surface area contributed by atoms with Crippen molar-refractivity contribution in [1.29, 1.82) is 0 Å². The number of rotatable bonds is 1. The van der Waals surface area contributed by atoms with E-state index in [4.69, 9.17) is 21.4 Å². The highest BCUT2D eigenvalue weighted by atomic mass is 32.1. The second-order valence-corrected chi connectivity index (χ2v) is 3.08. The third-order valence-electron chi connectivity index (χ3n) is 1.85. The van der Waals surface area contributed by atoms with E-state index >= 15 is 0 Å². The van der Waals surface area contributed by atoms with E-state index in [1.807, 2.05) is 0 Å². The van der Waals surface area contributed by atoms with Crippen molar-refractivity contribution in [1.82, 2.24) is 4.98 Å². The van der Waals surface area contributed by atoms with Crippen LogP contribution in [0.25, 0.3) is 11.0 Å². The minimum Gasteiger partial charge on any atom is -0.497 e. The number of benzene rings is 1. The smallest absolute Gasteiger partial charge is 0.269 e. The molecule has 0 atom stereocenters. The number of aromatic amines is 1. The topological polar surface area (TPSA) is 55.2 Å². The molecule has 0 aliphatic heterocycles. The van der Waals surface area contributed by atoms with E-state index in [1.54, 1.807) is 18.2 Å². The fraction of sp³-hybridized carbons (Fsp3) is 0.111. The molecule has 2 aromatic rings. The number of hydrogen-bond acceptors (Lipinski definition) is 4. The maximum Gasteiger partial charge on any atom is 0.269 e. The van der Waals surface area contributed by atoms with Crippen LogP contribution in [0.4, 0.5) is 0 Å². The van der Waals surface area contributed by atoms with E-state index in [-0.39, 0.29) is 10.4 Å². The predicted molar refractivity (Wildman–Crippen MR) is 54.2 cm³/mol. The molecule has 14 heavy (non-hydrogen) atoms. The first-order valence-corrected chi connectivity index (χ1v) is 4.33. The summed E-state index contributed by atoms with van der Waals surface area (Å²) in [7, 11) is 1.54. The third kappa shape index (κ3) is 1.42. The van der Waals surface area contributed by atoms with E-state index in [2.05, 4.69) is 4.98 Å². The van der Waals surface area contributed by atoms with Gasteiger partial charge < -0.3 is 9.15 Å². The Kier molecular flexibility index (Phi) is 2.09. The van der Waals surface area contributed by atoms with Gasteiger partial charge in [-0.2, -0.15) is 0 Å². The Hall–Kier alpha value is -1.62. The second kappa shape index (κ2) is 3.26. The molecule has 0 bridgehead atoms. The highest BCUT2D eigenvalue weighted by Gasteiger charge is 2.02. The molecule has 0 aliphatic carbocycles. The van der Waals surface area contributed by atoms with Gasteiger partial charge in [-0.3, -0.25) is 9.78 Å². The van der Waals surface area contributed by atoms with Gasteiger partial charge in [0.1, 0.15) is 11.3 Å². The quantitative estimate of drug-likeness (QED) is 0.728. The number of fused-ring (bicyclic) bond motifs is 1. The summed E-state index contributed by atoms with van der Waals surface area (Å²) >= 11 is 4.73. The summed E-state index contributed by atoms with van der Waals surface area (Å²) in [6.45, 7) is 0. The molecule has 1 heterocycles. The molecule has 2 rings (SSSR count). The van der Waals surface area contributed by atoms with Crippen molar-refractivity contribution < 1.29 is 9.15 Å². The average Bonchev–Trinajstić information content (AvgIpc) is 2.17. The molecule has 0 aliphatic rings. The molecule has 4 nitrogen and oxygen atoms in total. The van der Waals surface area contributed by atoms with Crippen LogP contribution in [0, 0.1) is 4.84 Å². The standard InChI is InChI=1S/C9H7NO3S/c1-12-5-2-3-7-6(4-5)8(11)10-9(14)13-7/h2-4H,1H3,(H,10,11,14). The molecular formula is C9H7NO3S. The van der Waals surface area contributed by atoms with Crippen LogP contribution in [0.3, 0.4) is 0 Å². The maximum absolute atomic E-state index is 11.4. The van der Waals surface area contributed by atoms with Crippen molar-refractivity contribution >= 4 is 23.2 Å². The SMILES string of the molecule is COc1ccc2oc(=S)[nH]c(=O)c2c1. The first kappa shape index (κ1) is 8.96. The van der Waals surface area contributed by atoms with Gasteiger partial charge in [0.2, 0.25) is 0 Å².